The van der Waals surface area contributed by atoms with Gasteiger partial charge in [0.15, 0.2) is 17.2 Å². The van der Waals surface area contributed by atoms with E-state index in [0.29, 0.717) is 41.2 Å². The first kappa shape index (κ1) is 14.1. The van der Waals surface area contributed by atoms with Crippen LogP contribution in [0.2, 0.25) is 0 Å². The second-order valence-corrected chi connectivity index (χ2v) is 5.79. The number of fused-ring (bicyclic) bond motifs is 5. The van der Waals surface area contributed by atoms with E-state index in [1.165, 1.54) is 4.90 Å². The van der Waals surface area contributed by atoms with Gasteiger partial charge in [0, 0.05) is 23.2 Å². The normalized spacial score (nSPS) is 21.5. The highest BCUT2D eigenvalue weighted by atomic mass is 16.5. The third-order valence-corrected chi connectivity index (χ3v) is 4.76. The maximum absolute atomic E-state index is 12.6. The van der Waals surface area contributed by atoms with Gasteiger partial charge in [-0.1, -0.05) is 18.2 Å². The summed E-state index contributed by atoms with van der Waals surface area (Å²) in [5.74, 6) is 1.03. The summed E-state index contributed by atoms with van der Waals surface area (Å²) in [5.41, 5.74) is 1.38. The van der Waals surface area contributed by atoms with Gasteiger partial charge in [-0.2, -0.15) is 0 Å². The molecule has 118 valence electrons. The number of rotatable bonds is 2. The number of aliphatic hydroxyl groups is 1. The van der Waals surface area contributed by atoms with Crippen molar-refractivity contribution in [3.8, 4) is 11.5 Å². The first-order valence-electron chi connectivity index (χ1n) is 7.50. The van der Waals surface area contributed by atoms with Crippen molar-refractivity contribution >= 4 is 5.91 Å². The molecule has 0 aromatic heterocycles. The molecule has 1 atom stereocenters. The highest BCUT2D eigenvalue weighted by Crippen LogP contribution is 2.48. The lowest BCUT2D eigenvalue weighted by molar-refractivity contribution is -0.0564. The van der Waals surface area contributed by atoms with Gasteiger partial charge in [0.25, 0.3) is 5.91 Å². The third-order valence-electron chi connectivity index (χ3n) is 4.76. The molecule has 5 nitrogen and oxygen atoms in total. The van der Waals surface area contributed by atoms with Crippen LogP contribution in [0.3, 0.4) is 0 Å². The van der Waals surface area contributed by atoms with Crippen LogP contribution in [0.25, 0.3) is 0 Å². The Bertz CT molecular complexity index is 817. The van der Waals surface area contributed by atoms with Gasteiger partial charge in [-0.15, -0.1) is 0 Å². The van der Waals surface area contributed by atoms with Gasteiger partial charge in [0.05, 0.1) is 14.2 Å². The van der Waals surface area contributed by atoms with Crippen LogP contribution in [-0.2, 0) is 12.1 Å². The van der Waals surface area contributed by atoms with Crippen molar-refractivity contribution in [2.45, 2.75) is 12.1 Å². The molecule has 0 saturated heterocycles. The molecule has 2 heterocycles. The maximum Gasteiger partial charge on any atom is 0.257 e. The van der Waals surface area contributed by atoms with E-state index in [1.807, 2.05) is 18.2 Å². The summed E-state index contributed by atoms with van der Waals surface area (Å²) < 4.78 is 10.7. The van der Waals surface area contributed by atoms with Gasteiger partial charge in [-0.25, -0.2) is 0 Å². The number of nitrogens with zero attached hydrogens (tertiary/aromatic N) is 1. The Kier molecular flexibility index (Phi) is 2.90. The van der Waals surface area contributed by atoms with Crippen LogP contribution in [0.1, 0.15) is 27.0 Å². The Morgan fingerprint density at radius 1 is 1.09 bits per heavy atom. The molecule has 0 aliphatic carbocycles. The molecule has 1 amide bonds. The van der Waals surface area contributed by atoms with E-state index in [0.717, 1.165) is 5.56 Å². The van der Waals surface area contributed by atoms with Crippen molar-refractivity contribution in [3.63, 3.8) is 0 Å². The van der Waals surface area contributed by atoms with Crippen molar-refractivity contribution < 1.29 is 19.4 Å². The summed E-state index contributed by atoms with van der Waals surface area (Å²) in [4.78, 5) is 14.2. The van der Waals surface area contributed by atoms with Gasteiger partial charge < -0.3 is 19.5 Å². The van der Waals surface area contributed by atoms with E-state index in [2.05, 4.69) is 0 Å². The van der Waals surface area contributed by atoms with E-state index in [1.54, 1.807) is 32.4 Å². The summed E-state index contributed by atoms with van der Waals surface area (Å²) in [6.45, 7) is 0.465. The van der Waals surface area contributed by atoms with Crippen molar-refractivity contribution in [1.82, 2.24) is 4.90 Å². The number of amides is 1. The van der Waals surface area contributed by atoms with E-state index >= 15 is 0 Å². The fourth-order valence-corrected chi connectivity index (χ4v) is 3.65. The van der Waals surface area contributed by atoms with Crippen LogP contribution in [0, 0.1) is 0 Å². The lowest BCUT2D eigenvalue weighted by Crippen LogP contribution is -2.49. The molecule has 2 aliphatic heterocycles. The maximum atomic E-state index is 12.6. The zero-order chi connectivity index (χ0) is 16.2. The number of benzene rings is 2. The fourth-order valence-electron chi connectivity index (χ4n) is 3.65. The number of methoxy groups -OCH3 is 2. The molecule has 0 bridgehead atoms. The summed E-state index contributed by atoms with van der Waals surface area (Å²) >= 11 is 0. The van der Waals surface area contributed by atoms with Gasteiger partial charge in [-0.3, -0.25) is 4.79 Å². The van der Waals surface area contributed by atoms with E-state index < -0.39 is 5.72 Å². The number of carbonyl (C=O) groups excluding carboxylic acids is 1. The smallest absolute Gasteiger partial charge is 0.257 e. The van der Waals surface area contributed by atoms with Gasteiger partial charge in [0.2, 0.25) is 0 Å². The first-order chi connectivity index (χ1) is 11.1. The van der Waals surface area contributed by atoms with Crippen molar-refractivity contribution in [1.29, 1.82) is 0 Å². The molecule has 5 heteroatoms. The second kappa shape index (κ2) is 4.73. The molecule has 1 unspecified atom stereocenters. The molecular weight excluding hydrogens is 294 g/mol. The Morgan fingerprint density at radius 2 is 1.78 bits per heavy atom. The molecule has 0 radical (unpaired) electrons. The number of carbonyl (C=O) groups is 1. The number of hydrogen-bond acceptors (Lipinski definition) is 4. The van der Waals surface area contributed by atoms with E-state index in [-0.39, 0.29) is 5.91 Å². The highest BCUT2D eigenvalue weighted by Gasteiger charge is 2.52. The monoisotopic (exact) mass is 311 g/mol. The molecule has 0 spiro atoms. The lowest BCUT2D eigenvalue weighted by Gasteiger charge is -2.40. The van der Waals surface area contributed by atoms with E-state index in [4.69, 9.17) is 9.47 Å². The minimum absolute atomic E-state index is 0.136. The Labute approximate surface area is 134 Å². The number of hydrogen-bond donors (Lipinski definition) is 1. The predicted molar refractivity (Wildman–Crippen MR) is 83.7 cm³/mol. The van der Waals surface area contributed by atoms with Gasteiger partial charge in [-0.05, 0) is 30.2 Å². The largest absolute Gasteiger partial charge is 0.493 e. The molecular formula is C18H17NO4. The van der Waals surface area contributed by atoms with Crippen molar-refractivity contribution in [2.75, 3.05) is 20.8 Å². The van der Waals surface area contributed by atoms with Crippen LogP contribution in [0.5, 0.6) is 11.5 Å². The third kappa shape index (κ3) is 1.68. The van der Waals surface area contributed by atoms with Crippen LogP contribution < -0.4 is 9.47 Å². The quantitative estimate of drug-likeness (QED) is 0.920. The van der Waals surface area contributed by atoms with E-state index in [9.17, 15) is 9.90 Å². The summed E-state index contributed by atoms with van der Waals surface area (Å²) in [6, 6.07) is 10.9. The summed E-state index contributed by atoms with van der Waals surface area (Å²) in [7, 11) is 3.14. The number of ether oxygens (including phenoxy) is 2. The Balaban J connectivity index is 2.00. The average Bonchev–Trinajstić information content (AvgIpc) is 2.82. The standard InChI is InChI=1S/C18H17NO4/c1-22-15-9-11-7-8-19-17(20)12-5-3-4-6-13(12)18(19,21)14(11)10-16(15)23-2/h3-6,9-10,21H,7-8H2,1-2H3. The highest BCUT2D eigenvalue weighted by molar-refractivity contribution is 6.00. The van der Waals surface area contributed by atoms with Gasteiger partial charge >= 0.3 is 0 Å². The van der Waals surface area contributed by atoms with Crippen LogP contribution >= 0.6 is 0 Å². The molecule has 0 fully saturated rings. The summed E-state index contributed by atoms with van der Waals surface area (Å²) in [6.07, 6.45) is 0.664. The van der Waals surface area contributed by atoms with Crippen LogP contribution in [0.15, 0.2) is 36.4 Å². The minimum Gasteiger partial charge on any atom is -0.493 e. The zero-order valence-corrected chi connectivity index (χ0v) is 13.0. The average molecular weight is 311 g/mol. The van der Waals surface area contributed by atoms with Crippen molar-refractivity contribution in [2.24, 2.45) is 0 Å². The second-order valence-electron chi connectivity index (χ2n) is 5.79. The SMILES string of the molecule is COc1cc2c(cc1OC)C1(O)c3ccccc3C(=O)N1CC2. The Hall–Kier alpha value is -2.53. The first-order valence-corrected chi connectivity index (χ1v) is 7.50. The molecule has 2 aliphatic rings. The molecule has 4 rings (SSSR count). The molecule has 2 aromatic carbocycles. The summed E-state index contributed by atoms with van der Waals surface area (Å²) in [5, 5.41) is 11.5. The van der Waals surface area contributed by atoms with Crippen molar-refractivity contribution in [3.05, 3.63) is 58.7 Å². The molecule has 0 saturated carbocycles. The predicted octanol–water partition coefficient (Wildman–Crippen LogP) is 1.91. The fraction of sp³-hybridized carbons (Fsp3) is 0.278. The lowest BCUT2D eigenvalue weighted by atomic mass is 9.86. The minimum atomic E-state index is -1.44. The zero-order valence-electron chi connectivity index (χ0n) is 13.0. The van der Waals surface area contributed by atoms with Gasteiger partial charge in [0.1, 0.15) is 0 Å². The topological polar surface area (TPSA) is 59.0 Å². The molecule has 2 aromatic rings. The Morgan fingerprint density at radius 3 is 2.52 bits per heavy atom. The molecule has 1 N–H and O–H groups in total. The van der Waals surface area contributed by atoms with Crippen LogP contribution in [-0.4, -0.2) is 36.7 Å². The van der Waals surface area contributed by atoms with Crippen LogP contribution in [0.4, 0.5) is 0 Å². The molecule has 23 heavy (non-hydrogen) atoms.